The second kappa shape index (κ2) is 5.40. The molecule has 0 aliphatic carbocycles. The van der Waals surface area contributed by atoms with Crippen LogP contribution in [0.15, 0.2) is 55.1 Å². The summed E-state index contributed by atoms with van der Waals surface area (Å²) in [5.41, 5.74) is 9.90. The van der Waals surface area contributed by atoms with Crippen LogP contribution < -0.4 is 11.1 Å². The van der Waals surface area contributed by atoms with Gasteiger partial charge in [-0.3, -0.25) is 4.79 Å². The molecule has 3 heteroatoms. The Bertz CT molecular complexity index is 598. The largest absolute Gasteiger partial charge is 0.399 e. The quantitative estimate of drug-likeness (QED) is 0.882. The summed E-state index contributed by atoms with van der Waals surface area (Å²) >= 11 is 0. The smallest absolute Gasteiger partial charge is 0.251 e. The van der Waals surface area contributed by atoms with E-state index in [1.807, 2.05) is 48.5 Å². The van der Waals surface area contributed by atoms with Gasteiger partial charge in [-0.15, -0.1) is 0 Å². The summed E-state index contributed by atoms with van der Waals surface area (Å²) in [5, 5.41) is 2.60. The first-order valence-corrected chi connectivity index (χ1v) is 5.99. The Morgan fingerprint density at radius 3 is 1.74 bits per heavy atom. The maximum absolute atomic E-state index is 11.4. The zero-order valence-corrected chi connectivity index (χ0v) is 10.8. The SMILES string of the molecule is C=C(N)c1ccc(-c2ccc(C(=O)NC)cc2)cc1. The number of hydrogen-bond donors (Lipinski definition) is 2. The second-order valence-corrected chi connectivity index (χ2v) is 4.26. The standard InChI is InChI=1S/C16H16N2O/c1-11(17)12-3-5-13(6-4-12)14-7-9-15(10-8-14)16(19)18-2/h3-10H,1,17H2,2H3,(H,18,19). The van der Waals surface area contributed by atoms with Gasteiger partial charge in [0.05, 0.1) is 0 Å². The van der Waals surface area contributed by atoms with Gasteiger partial charge in [-0.1, -0.05) is 43.0 Å². The third kappa shape index (κ3) is 2.83. The van der Waals surface area contributed by atoms with Crippen LogP contribution in [-0.4, -0.2) is 13.0 Å². The van der Waals surface area contributed by atoms with E-state index in [9.17, 15) is 4.79 Å². The molecule has 1 amide bonds. The lowest BCUT2D eigenvalue weighted by Crippen LogP contribution is -2.17. The van der Waals surface area contributed by atoms with E-state index in [1.165, 1.54) is 0 Å². The Kier molecular flexibility index (Phi) is 3.66. The van der Waals surface area contributed by atoms with Crippen LogP contribution in [-0.2, 0) is 0 Å². The first-order chi connectivity index (χ1) is 9.11. The van der Waals surface area contributed by atoms with E-state index in [2.05, 4.69) is 11.9 Å². The van der Waals surface area contributed by atoms with Crippen LogP contribution in [0.4, 0.5) is 0 Å². The molecule has 0 spiro atoms. The number of nitrogens with two attached hydrogens (primary N) is 1. The van der Waals surface area contributed by atoms with E-state index in [4.69, 9.17) is 5.73 Å². The molecule has 0 aromatic heterocycles. The fourth-order valence-corrected chi connectivity index (χ4v) is 1.84. The fourth-order valence-electron chi connectivity index (χ4n) is 1.84. The predicted molar refractivity (Wildman–Crippen MR) is 78.5 cm³/mol. The number of benzene rings is 2. The van der Waals surface area contributed by atoms with Gasteiger partial charge in [0, 0.05) is 18.3 Å². The zero-order chi connectivity index (χ0) is 13.8. The fraction of sp³-hybridized carbons (Fsp3) is 0.0625. The average molecular weight is 252 g/mol. The topological polar surface area (TPSA) is 55.1 Å². The van der Waals surface area contributed by atoms with Crippen LogP contribution >= 0.6 is 0 Å². The third-order valence-corrected chi connectivity index (χ3v) is 2.96. The number of amides is 1. The highest BCUT2D eigenvalue weighted by molar-refractivity contribution is 5.94. The molecule has 3 nitrogen and oxygen atoms in total. The van der Waals surface area contributed by atoms with Crippen molar-refractivity contribution in [2.75, 3.05) is 7.05 Å². The minimum Gasteiger partial charge on any atom is -0.399 e. The molecular weight excluding hydrogens is 236 g/mol. The van der Waals surface area contributed by atoms with Crippen LogP contribution in [0.2, 0.25) is 0 Å². The molecule has 0 bridgehead atoms. The molecular formula is C16H16N2O. The summed E-state index contributed by atoms with van der Waals surface area (Å²) in [6, 6.07) is 15.3. The predicted octanol–water partition coefficient (Wildman–Crippen LogP) is 2.64. The Balaban J connectivity index is 2.27. The van der Waals surface area contributed by atoms with E-state index in [0.29, 0.717) is 11.3 Å². The summed E-state index contributed by atoms with van der Waals surface area (Å²) in [6.45, 7) is 3.70. The zero-order valence-electron chi connectivity index (χ0n) is 10.8. The molecule has 0 aliphatic heterocycles. The molecule has 19 heavy (non-hydrogen) atoms. The van der Waals surface area contributed by atoms with Gasteiger partial charge < -0.3 is 11.1 Å². The molecule has 3 N–H and O–H groups in total. The van der Waals surface area contributed by atoms with E-state index in [-0.39, 0.29) is 5.91 Å². The van der Waals surface area contributed by atoms with Crippen LogP contribution in [0.25, 0.3) is 16.8 Å². The van der Waals surface area contributed by atoms with Gasteiger partial charge in [0.2, 0.25) is 0 Å². The van der Waals surface area contributed by atoms with Crippen molar-refractivity contribution in [2.45, 2.75) is 0 Å². The lowest BCUT2D eigenvalue weighted by molar-refractivity contribution is 0.0963. The van der Waals surface area contributed by atoms with E-state index < -0.39 is 0 Å². The number of rotatable bonds is 3. The monoisotopic (exact) mass is 252 g/mol. The van der Waals surface area contributed by atoms with Gasteiger partial charge in [-0.25, -0.2) is 0 Å². The van der Waals surface area contributed by atoms with Gasteiger partial charge in [0.1, 0.15) is 0 Å². The Labute approximate surface area is 112 Å². The van der Waals surface area contributed by atoms with Crippen LogP contribution in [0, 0.1) is 0 Å². The van der Waals surface area contributed by atoms with Crippen LogP contribution in [0.5, 0.6) is 0 Å². The van der Waals surface area contributed by atoms with E-state index in [1.54, 1.807) is 7.05 Å². The molecule has 0 heterocycles. The highest BCUT2D eigenvalue weighted by Crippen LogP contribution is 2.21. The minimum absolute atomic E-state index is 0.0821. The lowest BCUT2D eigenvalue weighted by atomic mass is 10.0. The molecule has 0 saturated carbocycles. The number of carbonyl (C=O) groups excluding carboxylic acids is 1. The van der Waals surface area contributed by atoms with Gasteiger partial charge >= 0.3 is 0 Å². The summed E-state index contributed by atoms with van der Waals surface area (Å²) in [6.07, 6.45) is 0. The summed E-state index contributed by atoms with van der Waals surface area (Å²) in [4.78, 5) is 11.4. The van der Waals surface area contributed by atoms with Crippen molar-refractivity contribution in [3.8, 4) is 11.1 Å². The molecule has 96 valence electrons. The van der Waals surface area contributed by atoms with Crippen molar-refractivity contribution in [3.63, 3.8) is 0 Å². The first kappa shape index (κ1) is 12.9. The third-order valence-electron chi connectivity index (χ3n) is 2.96. The van der Waals surface area contributed by atoms with Crippen molar-refractivity contribution < 1.29 is 4.79 Å². The van der Waals surface area contributed by atoms with Crippen molar-refractivity contribution in [1.29, 1.82) is 0 Å². The summed E-state index contributed by atoms with van der Waals surface area (Å²) in [5.74, 6) is -0.0821. The number of carbonyl (C=O) groups is 1. The van der Waals surface area contributed by atoms with Crippen molar-refractivity contribution in [1.82, 2.24) is 5.32 Å². The normalized spacial score (nSPS) is 9.95. The van der Waals surface area contributed by atoms with E-state index >= 15 is 0 Å². The highest BCUT2D eigenvalue weighted by Gasteiger charge is 2.03. The van der Waals surface area contributed by atoms with Gasteiger partial charge in [0.15, 0.2) is 0 Å². The van der Waals surface area contributed by atoms with Crippen molar-refractivity contribution >= 4 is 11.6 Å². The number of hydrogen-bond acceptors (Lipinski definition) is 2. The summed E-state index contributed by atoms with van der Waals surface area (Å²) < 4.78 is 0. The van der Waals surface area contributed by atoms with Crippen molar-refractivity contribution in [3.05, 3.63) is 66.2 Å². The van der Waals surface area contributed by atoms with Gasteiger partial charge in [-0.05, 0) is 28.8 Å². The van der Waals surface area contributed by atoms with Crippen LogP contribution in [0.1, 0.15) is 15.9 Å². The maximum Gasteiger partial charge on any atom is 0.251 e. The Morgan fingerprint density at radius 1 is 0.947 bits per heavy atom. The maximum atomic E-state index is 11.4. The lowest BCUT2D eigenvalue weighted by Gasteiger charge is -2.05. The van der Waals surface area contributed by atoms with Gasteiger partial charge in [0.25, 0.3) is 5.91 Å². The molecule has 0 aliphatic rings. The van der Waals surface area contributed by atoms with E-state index in [0.717, 1.165) is 16.7 Å². The second-order valence-electron chi connectivity index (χ2n) is 4.26. The molecule has 2 aromatic rings. The molecule has 0 fully saturated rings. The molecule has 0 saturated heterocycles. The van der Waals surface area contributed by atoms with Gasteiger partial charge in [-0.2, -0.15) is 0 Å². The number of nitrogens with one attached hydrogen (secondary N) is 1. The summed E-state index contributed by atoms with van der Waals surface area (Å²) in [7, 11) is 1.62. The molecule has 2 aromatic carbocycles. The Morgan fingerprint density at radius 2 is 1.37 bits per heavy atom. The highest BCUT2D eigenvalue weighted by atomic mass is 16.1. The molecule has 2 rings (SSSR count). The van der Waals surface area contributed by atoms with Crippen molar-refractivity contribution in [2.24, 2.45) is 5.73 Å². The minimum atomic E-state index is -0.0821. The average Bonchev–Trinajstić information content (AvgIpc) is 2.46. The Hall–Kier alpha value is -2.55. The molecule has 0 unspecified atom stereocenters. The molecule has 0 radical (unpaired) electrons. The van der Waals surface area contributed by atoms with Crippen LogP contribution in [0.3, 0.4) is 0 Å². The first-order valence-electron chi connectivity index (χ1n) is 5.99. The molecule has 0 atom stereocenters.